The number of phenolic OH excluding ortho intramolecular Hbond substituents is 2. The number of ketones is 2. The zero-order valence-electron chi connectivity index (χ0n) is 15.8. The maximum atomic E-state index is 12.7. The summed E-state index contributed by atoms with van der Waals surface area (Å²) in [7, 11) is 0. The maximum Gasteiger partial charge on any atom is 0.198 e. The van der Waals surface area contributed by atoms with Gasteiger partial charge in [0.05, 0.1) is 11.1 Å². The second-order valence-electron chi connectivity index (χ2n) is 6.05. The minimum atomic E-state index is -0.397. The third kappa shape index (κ3) is 3.37. The van der Waals surface area contributed by atoms with Gasteiger partial charge in [0.15, 0.2) is 11.6 Å². The van der Waals surface area contributed by atoms with Crippen LogP contribution in [0, 0.1) is 0 Å². The lowest BCUT2D eigenvalue weighted by Gasteiger charge is -2.26. The minimum Gasteiger partial charge on any atom is -0.507 e. The molecule has 2 aromatic carbocycles. The number of fused-ring (bicyclic) bond motifs is 3. The number of phenols is 2. The van der Waals surface area contributed by atoms with Gasteiger partial charge in [-0.05, 0) is 32.6 Å². The lowest BCUT2D eigenvalue weighted by atomic mass is 9.78. The minimum absolute atomic E-state index is 0.0400. The van der Waals surface area contributed by atoms with E-state index in [1.165, 1.54) is 6.92 Å². The molecule has 0 unspecified atom stereocenters. The molecule has 2 N–H and O–H groups in total. The Morgan fingerprint density at radius 2 is 1.15 bits per heavy atom. The van der Waals surface area contributed by atoms with Gasteiger partial charge in [0.25, 0.3) is 0 Å². The van der Waals surface area contributed by atoms with E-state index in [-0.39, 0.29) is 33.8 Å². The summed E-state index contributed by atoms with van der Waals surface area (Å²) in [6, 6.07) is 6.53. The lowest BCUT2D eigenvalue weighted by Crippen LogP contribution is -2.23. The van der Waals surface area contributed by atoms with Crippen molar-refractivity contribution in [1.82, 2.24) is 0 Å². The molecule has 2 aliphatic carbocycles. The molecule has 5 heteroatoms. The molecule has 0 atom stereocenters. The highest BCUT2D eigenvalue weighted by Crippen LogP contribution is 2.45. The summed E-state index contributed by atoms with van der Waals surface area (Å²) in [5, 5.41) is 21.1. The highest BCUT2D eigenvalue weighted by atomic mass is 16.3. The van der Waals surface area contributed by atoms with Gasteiger partial charge in [-0.15, -0.1) is 0 Å². The van der Waals surface area contributed by atoms with Crippen LogP contribution >= 0.6 is 0 Å². The fourth-order valence-corrected chi connectivity index (χ4v) is 3.56. The predicted octanol–water partition coefficient (Wildman–Crippen LogP) is 3.98. The van der Waals surface area contributed by atoms with Crippen LogP contribution in [0.2, 0.25) is 0 Å². The molecule has 2 aliphatic rings. The topological polar surface area (TPSA) is 91.7 Å². The monoisotopic (exact) mass is 368 g/mol. The second-order valence-corrected chi connectivity index (χ2v) is 6.05. The molecule has 0 aliphatic heterocycles. The first-order chi connectivity index (χ1) is 13.0. The first-order valence-corrected chi connectivity index (χ1v) is 9.20. The van der Waals surface area contributed by atoms with Gasteiger partial charge >= 0.3 is 0 Å². The quantitative estimate of drug-likeness (QED) is 0.462. The standard InChI is InChI=1S/C18H14O4.C2H4O.C2H6/c19-15-9-5-1-2-6-10(9)16(20)14-13(15)17(21)11-7-3-4-8-12(11)18(14)22;1-2-3;1-2/h1-2,5-6,21-22H,3-4,7-8H2;2H,1H3;1-2H3. The van der Waals surface area contributed by atoms with Crippen molar-refractivity contribution in [3.05, 3.63) is 57.6 Å². The number of carbonyl (C=O) groups is 3. The van der Waals surface area contributed by atoms with E-state index < -0.39 is 11.6 Å². The average molecular weight is 368 g/mol. The summed E-state index contributed by atoms with van der Waals surface area (Å²) < 4.78 is 0. The Bertz CT molecular complexity index is 826. The molecule has 0 amide bonds. The molecule has 2 aromatic rings. The Morgan fingerprint density at radius 3 is 1.48 bits per heavy atom. The Hall–Kier alpha value is -2.95. The van der Waals surface area contributed by atoms with Crippen molar-refractivity contribution in [2.24, 2.45) is 0 Å². The number of carbonyl (C=O) groups excluding carboxylic acids is 3. The third-order valence-electron chi connectivity index (χ3n) is 4.63. The summed E-state index contributed by atoms with van der Waals surface area (Å²) in [5.74, 6) is -1.05. The largest absolute Gasteiger partial charge is 0.507 e. The van der Waals surface area contributed by atoms with Gasteiger partial charge in [-0.2, -0.15) is 0 Å². The molecule has 0 heterocycles. The molecule has 0 radical (unpaired) electrons. The van der Waals surface area contributed by atoms with Gasteiger partial charge in [0.2, 0.25) is 0 Å². The van der Waals surface area contributed by atoms with Crippen LogP contribution in [0.4, 0.5) is 0 Å². The molecule has 0 fully saturated rings. The first kappa shape index (κ1) is 20.4. The van der Waals surface area contributed by atoms with Gasteiger partial charge in [-0.3, -0.25) is 9.59 Å². The van der Waals surface area contributed by atoms with Crippen molar-refractivity contribution in [3.63, 3.8) is 0 Å². The van der Waals surface area contributed by atoms with E-state index in [1.54, 1.807) is 24.3 Å². The fourth-order valence-electron chi connectivity index (χ4n) is 3.56. The van der Waals surface area contributed by atoms with Crippen molar-refractivity contribution >= 4 is 17.9 Å². The van der Waals surface area contributed by atoms with Crippen molar-refractivity contribution in [1.29, 1.82) is 0 Å². The molecule has 0 spiro atoms. The van der Waals surface area contributed by atoms with Crippen LogP contribution in [0.15, 0.2) is 24.3 Å². The molecular formula is C22H24O5. The smallest absolute Gasteiger partial charge is 0.198 e. The molecule has 27 heavy (non-hydrogen) atoms. The van der Waals surface area contributed by atoms with E-state index in [9.17, 15) is 19.8 Å². The van der Waals surface area contributed by atoms with E-state index in [4.69, 9.17) is 4.79 Å². The number of benzene rings is 2. The van der Waals surface area contributed by atoms with Crippen LogP contribution in [0.1, 0.15) is 76.6 Å². The zero-order valence-corrected chi connectivity index (χ0v) is 15.8. The molecule has 0 saturated carbocycles. The summed E-state index contributed by atoms with van der Waals surface area (Å²) in [6.07, 6.45) is 3.78. The third-order valence-corrected chi connectivity index (χ3v) is 4.63. The number of rotatable bonds is 0. The number of aldehydes is 1. The van der Waals surface area contributed by atoms with Crippen molar-refractivity contribution in [2.45, 2.75) is 46.5 Å². The van der Waals surface area contributed by atoms with Crippen LogP contribution in [0.3, 0.4) is 0 Å². The predicted molar refractivity (Wildman–Crippen MR) is 103 cm³/mol. The van der Waals surface area contributed by atoms with E-state index in [0.29, 0.717) is 24.0 Å². The number of aromatic hydroxyl groups is 2. The normalized spacial score (nSPS) is 13.7. The van der Waals surface area contributed by atoms with E-state index >= 15 is 0 Å². The molecule has 0 saturated heterocycles. The molecule has 4 rings (SSSR count). The Balaban J connectivity index is 0.000000478. The highest BCUT2D eigenvalue weighted by Gasteiger charge is 2.37. The number of hydrogen-bond acceptors (Lipinski definition) is 5. The SMILES string of the molecule is CC.CC=O.O=C1c2ccccc2C(=O)c2c(O)c3c(c(O)c21)CCCC3. The zero-order chi connectivity index (χ0) is 20.1. The Labute approximate surface area is 158 Å². The molecule has 5 nitrogen and oxygen atoms in total. The van der Waals surface area contributed by atoms with Gasteiger partial charge in [0.1, 0.15) is 17.8 Å². The lowest BCUT2D eigenvalue weighted by molar-refractivity contribution is -0.106. The highest BCUT2D eigenvalue weighted by molar-refractivity contribution is 6.30. The van der Waals surface area contributed by atoms with Crippen molar-refractivity contribution in [3.8, 4) is 11.5 Å². The first-order valence-electron chi connectivity index (χ1n) is 9.20. The van der Waals surface area contributed by atoms with Crippen molar-refractivity contribution < 1.29 is 24.6 Å². The van der Waals surface area contributed by atoms with Gasteiger partial charge in [-0.25, -0.2) is 0 Å². The average Bonchev–Trinajstić information content (AvgIpc) is 2.71. The summed E-state index contributed by atoms with van der Waals surface area (Å²) in [5.41, 5.74) is 1.71. The van der Waals surface area contributed by atoms with Crippen molar-refractivity contribution in [2.75, 3.05) is 0 Å². The van der Waals surface area contributed by atoms with Gasteiger partial charge < -0.3 is 15.0 Å². The van der Waals surface area contributed by atoms with Crippen LogP contribution in [-0.4, -0.2) is 28.1 Å². The van der Waals surface area contributed by atoms with Crippen LogP contribution < -0.4 is 0 Å². The summed E-state index contributed by atoms with van der Waals surface area (Å²) >= 11 is 0. The Kier molecular flexibility index (Phi) is 6.50. The molecule has 0 aromatic heterocycles. The molecular weight excluding hydrogens is 344 g/mol. The van der Waals surface area contributed by atoms with Gasteiger partial charge in [0, 0.05) is 22.3 Å². The Morgan fingerprint density at radius 1 is 0.815 bits per heavy atom. The summed E-state index contributed by atoms with van der Waals surface area (Å²) in [4.78, 5) is 34.2. The second kappa shape index (κ2) is 8.62. The van der Waals surface area contributed by atoms with E-state index in [0.717, 1.165) is 19.1 Å². The number of hydrogen-bond donors (Lipinski definition) is 2. The summed E-state index contributed by atoms with van der Waals surface area (Å²) in [6.45, 7) is 5.44. The van der Waals surface area contributed by atoms with Crippen LogP contribution in [-0.2, 0) is 17.6 Å². The molecule has 142 valence electrons. The maximum absolute atomic E-state index is 12.7. The van der Waals surface area contributed by atoms with E-state index in [2.05, 4.69) is 0 Å². The van der Waals surface area contributed by atoms with E-state index in [1.807, 2.05) is 13.8 Å². The van der Waals surface area contributed by atoms with Crippen LogP contribution in [0.25, 0.3) is 0 Å². The van der Waals surface area contributed by atoms with Crippen LogP contribution in [0.5, 0.6) is 11.5 Å². The van der Waals surface area contributed by atoms with Gasteiger partial charge in [-0.1, -0.05) is 38.1 Å². The molecule has 0 bridgehead atoms. The fraction of sp³-hybridized carbons (Fsp3) is 0.318.